The van der Waals surface area contributed by atoms with E-state index < -0.39 is 5.92 Å². The number of rotatable bonds is 5. The number of ketones is 1. The highest BCUT2D eigenvalue weighted by Crippen LogP contribution is 2.26. The molecule has 0 spiro atoms. The van der Waals surface area contributed by atoms with Gasteiger partial charge in [-0.3, -0.25) is 4.79 Å². The van der Waals surface area contributed by atoms with E-state index in [-0.39, 0.29) is 5.78 Å². The maximum Gasteiger partial charge on any atom is 0.154 e. The molecule has 1 atom stereocenters. The number of nitrogens with zero attached hydrogens (tertiary/aromatic N) is 1. The number of carbonyl (C=O) groups is 1. The molecule has 0 aliphatic heterocycles. The topological polar surface area (TPSA) is 40.9 Å². The van der Waals surface area contributed by atoms with Gasteiger partial charge in [-0.1, -0.05) is 43.6 Å². The van der Waals surface area contributed by atoms with E-state index in [0.717, 1.165) is 6.42 Å². The SMILES string of the molecule is CC(C)CCC(=O)C(C#N)c1ccccc1Cl. The van der Waals surface area contributed by atoms with Crippen molar-refractivity contribution < 1.29 is 4.79 Å². The van der Waals surface area contributed by atoms with Gasteiger partial charge in [0.2, 0.25) is 0 Å². The molecule has 2 nitrogen and oxygen atoms in total. The van der Waals surface area contributed by atoms with Gasteiger partial charge in [-0.2, -0.15) is 5.26 Å². The van der Waals surface area contributed by atoms with Crippen molar-refractivity contribution in [1.82, 2.24) is 0 Å². The van der Waals surface area contributed by atoms with Gasteiger partial charge in [-0.05, 0) is 24.0 Å². The highest BCUT2D eigenvalue weighted by Gasteiger charge is 2.21. The fourth-order valence-corrected chi connectivity index (χ4v) is 1.84. The Bertz CT molecular complexity index is 434. The van der Waals surface area contributed by atoms with E-state index in [0.29, 0.717) is 22.9 Å². The van der Waals surface area contributed by atoms with Gasteiger partial charge in [-0.15, -0.1) is 0 Å². The van der Waals surface area contributed by atoms with Gasteiger partial charge in [0.05, 0.1) is 6.07 Å². The van der Waals surface area contributed by atoms with Crippen LogP contribution in [0, 0.1) is 17.2 Å². The Kier molecular flexibility index (Phi) is 5.18. The Morgan fingerprint density at radius 3 is 2.59 bits per heavy atom. The average molecular weight is 250 g/mol. The molecule has 0 bridgehead atoms. The quantitative estimate of drug-likeness (QED) is 0.793. The third kappa shape index (κ3) is 3.87. The zero-order valence-corrected chi connectivity index (χ0v) is 10.9. The van der Waals surface area contributed by atoms with E-state index in [1.807, 2.05) is 6.07 Å². The number of hydrogen-bond acceptors (Lipinski definition) is 2. The Morgan fingerprint density at radius 2 is 2.06 bits per heavy atom. The van der Waals surface area contributed by atoms with Gasteiger partial charge in [-0.25, -0.2) is 0 Å². The van der Waals surface area contributed by atoms with Crippen LogP contribution < -0.4 is 0 Å². The molecule has 17 heavy (non-hydrogen) atoms. The summed E-state index contributed by atoms with van der Waals surface area (Å²) in [6.45, 7) is 4.12. The predicted octanol–water partition coefficient (Wildman–Crippen LogP) is 3.95. The third-order valence-corrected chi connectivity index (χ3v) is 2.98. The minimum atomic E-state index is -0.734. The molecule has 0 fully saturated rings. The molecule has 1 aromatic carbocycles. The molecule has 0 aliphatic carbocycles. The minimum absolute atomic E-state index is 0.0469. The molecule has 0 heterocycles. The van der Waals surface area contributed by atoms with Gasteiger partial charge >= 0.3 is 0 Å². The maximum atomic E-state index is 12.0. The molecule has 3 heteroatoms. The molecule has 0 aliphatic rings. The van der Waals surface area contributed by atoms with Crippen LogP contribution in [0.5, 0.6) is 0 Å². The van der Waals surface area contributed by atoms with Crippen LogP contribution in [-0.4, -0.2) is 5.78 Å². The highest BCUT2D eigenvalue weighted by atomic mass is 35.5. The standard InChI is InChI=1S/C14H16ClNO/c1-10(2)7-8-14(17)12(9-16)11-5-3-4-6-13(11)15/h3-6,10,12H,7-8H2,1-2H3. The zero-order chi connectivity index (χ0) is 12.8. The van der Waals surface area contributed by atoms with Crippen molar-refractivity contribution in [1.29, 1.82) is 5.26 Å². The van der Waals surface area contributed by atoms with E-state index in [4.69, 9.17) is 16.9 Å². The summed E-state index contributed by atoms with van der Waals surface area (Å²) in [5.41, 5.74) is 0.616. The van der Waals surface area contributed by atoms with Gasteiger partial charge in [0.25, 0.3) is 0 Å². The van der Waals surface area contributed by atoms with Gasteiger partial charge < -0.3 is 0 Å². The first kappa shape index (κ1) is 13.7. The number of halogens is 1. The normalized spacial score (nSPS) is 12.2. The van der Waals surface area contributed by atoms with Crippen molar-refractivity contribution in [2.24, 2.45) is 5.92 Å². The molecule has 1 unspecified atom stereocenters. The summed E-state index contributed by atoms with van der Waals surface area (Å²) < 4.78 is 0. The molecule has 90 valence electrons. The van der Waals surface area contributed by atoms with E-state index >= 15 is 0 Å². The lowest BCUT2D eigenvalue weighted by molar-refractivity contribution is -0.119. The van der Waals surface area contributed by atoms with Gasteiger partial charge in [0.15, 0.2) is 5.78 Å². The van der Waals surface area contributed by atoms with Crippen molar-refractivity contribution in [3.63, 3.8) is 0 Å². The fraction of sp³-hybridized carbons (Fsp3) is 0.429. The van der Waals surface area contributed by atoms with Crippen molar-refractivity contribution in [3.05, 3.63) is 34.9 Å². The summed E-state index contributed by atoms with van der Waals surface area (Å²) in [5, 5.41) is 9.59. The largest absolute Gasteiger partial charge is 0.298 e. The number of benzene rings is 1. The second-order valence-electron chi connectivity index (χ2n) is 4.48. The molecule has 0 N–H and O–H groups in total. The van der Waals surface area contributed by atoms with Crippen LogP contribution >= 0.6 is 11.6 Å². The monoisotopic (exact) mass is 249 g/mol. The lowest BCUT2D eigenvalue weighted by Gasteiger charge is -2.11. The second kappa shape index (κ2) is 6.42. The molecular formula is C14H16ClNO. The highest BCUT2D eigenvalue weighted by molar-refractivity contribution is 6.31. The summed E-state index contributed by atoms with van der Waals surface area (Å²) in [4.78, 5) is 12.0. The Hall–Kier alpha value is -1.33. The van der Waals surface area contributed by atoms with Crippen LogP contribution in [0.25, 0.3) is 0 Å². The lowest BCUT2D eigenvalue weighted by atomic mass is 9.92. The molecular weight excluding hydrogens is 234 g/mol. The summed E-state index contributed by atoms with van der Waals surface area (Å²) in [5.74, 6) is -0.318. The molecule has 0 amide bonds. The van der Waals surface area contributed by atoms with Crippen LogP contribution in [-0.2, 0) is 4.79 Å². The van der Waals surface area contributed by atoms with Crippen LogP contribution in [0.2, 0.25) is 5.02 Å². The molecule has 0 aromatic heterocycles. The van der Waals surface area contributed by atoms with E-state index in [1.165, 1.54) is 0 Å². The summed E-state index contributed by atoms with van der Waals surface area (Å²) in [6, 6.07) is 9.08. The van der Waals surface area contributed by atoms with Crippen LogP contribution in [0.1, 0.15) is 38.2 Å². The van der Waals surface area contributed by atoms with Crippen molar-refractivity contribution in [2.75, 3.05) is 0 Å². The first-order valence-corrected chi connectivity index (χ1v) is 6.10. The molecule has 0 saturated carbocycles. The predicted molar refractivity (Wildman–Crippen MR) is 68.9 cm³/mol. The van der Waals surface area contributed by atoms with Gasteiger partial charge in [0, 0.05) is 11.4 Å². The first-order chi connectivity index (χ1) is 8.06. The molecule has 1 aromatic rings. The second-order valence-corrected chi connectivity index (χ2v) is 4.89. The van der Waals surface area contributed by atoms with Crippen LogP contribution in [0.3, 0.4) is 0 Å². The van der Waals surface area contributed by atoms with E-state index in [9.17, 15) is 4.79 Å². The molecule has 1 rings (SSSR count). The number of Topliss-reactive ketones (excluding diaryl/α,β-unsaturated/α-hetero) is 1. The third-order valence-electron chi connectivity index (χ3n) is 2.64. The number of nitriles is 1. The maximum absolute atomic E-state index is 12.0. The zero-order valence-electron chi connectivity index (χ0n) is 10.1. The first-order valence-electron chi connectivity index (χ1n) is 5.73. The van der Waals surface area contributed by atoms with Crippen molar-refractivity contribution in [3.8, 4) is 6.07 Å². The van der Waals surface area contributed by atoms with Crippen LogP contribution in [0.15, 0.2) is 24.3 Å². The average Bonchev–Trinajstić information content (AvgIpc) is 2.30. The number of hydrogen-bond donors (Lipinski definition) is 0. The summed E-state index contributed by atoms with van der Waals surface area (Å²) in [6.07, 6.45) is 1.24. The molecule has 0 saturated heterocycles. The van der Waals surface area contributed by atoms with Crippen molar-refractivity contribution in [2.45, 2.75) is 32.6 Å². The number of carbonyl (C=O) groups excluding carboxylic acids is 1. The van der Waals surface area contributed by atoms with Crippen molar-refractivity contribution >= 4 is 17.4 Å². The van der Waals surface area contributed by atoms with Gasteiger partial charge in [0.1, 0.15) is 5.92 Å². The molecule has 0 radical (unpaired) electrons. The van der Waals surface area contributed by atoms with E-state index in [1.54, 1.807) is 24.3 Å². The summed E-state index contributed by atoms with van der Waals surface area (Å²) >= 11 is 6.00. The minimum Gasteiger partial charge on any atom is -0.298 e. The van der Waals surface area contributed by atoms with E-state index in [2.05, 4.69) is 13.8 Å². The Balaban J connectivity index is 2.83. The Morgan fingerprint density at radius 1 is 1.41 bits per heavy atom. The smallest absolute Gasteiger partial charge is 0.154 e. The Labute approximate surface area is 107 Å². The lowest BCUT2D eigenvalue weighted by Crippen LogP contribution is -2.12. The fourth-order valence-electron chi connectivity index (χ4n) is 1.60. The van der Waals surface area contributed by atoms with Crippen LogP contribution in [0.4, 0.5) is 0 Å². The summed E-state index contributed by atoms with van der Waals surface area (Å²) in [7, 11) is 0.